The molecule has 0 spiro atoms. The lowest BCUT2D eigenvalue weighted by atomic mass is 9.80. The van der Waals surface area contributed by atoms with Crippen molar-refractivity contribution >= 4 is 23.1 Å². The molecule has 1 saturated heterocycles. The maximum absolute atomic E-state index is 12.2. The van der Waals surface area contributed by atoms with Crippen LogP contribution in [0, 0.1) is 5.41 Å². The van der Waals surface area contributed by atoms with Crippen molar-refractivity contribution in [1.82, 2.24) is 14.9 Å². The van der Waals surface area contributed by atoms with Crippen molar-refractivity contribution in [2.75, 3.05) is 13.1 Å². The Morgan fingerprint density at radius 1 is 1.39 bits per heavy atom. The molecule has 0 aromatic carbocycles. The molecule has 1 aromatic rings. The standard InChI is InChI=1S/C12H16N4OS/c1-12(11(13)18)2-4-16(5-3-12)10(17)9-6-14-8-15-7-9/h6-8H,2-5H2,1H3,(H2,13,18). The van der Waals surface area contributed by atoms with Crippen LogP contribution in [-0.4, -0.2) is 38.9 Å². The number of nitrogens with zero attached hydrogens (tertiary/aromatic N) is 3. The largest absolute Gasteiger partial charge is 0.393 e. The maximum atomic E-state index is 12.2. The number of thiocarbonyl (C=S) groups is 1. The lowest BCUT2D eigenvalue weighted by Crippen LogP contribution is -2.46. The van der Waals surface area contributed by atoms with Crippen LogP contribution < -0.4 is 5.73 Å². The molecule has 0 unspecified atom stereocenters. The molecule has 0 radical (unpaired) electrons. The van der Waals surface area contributed by atoms with Gasteiger partial charge in [-0.25, -0.2) is 9.97 Å². The molecule has 2 N–H and O–H groups in total. The minimum Gasteiger partial charge on any atom is -0.393 e. The van der Waals surface area contributed by atoms with Crippen LogP contribution in [0.3, 0.4) is 0 Å². The third-order valence-electron chi connectivity index (χ3n) is 3.56. The first-order valence-electron chi connectivity index (χ1n) is 5.87. The number of hydrogen-bond donors (Lipinski definition) is 1. The second-order valence-corrected chi connectivity index (χ2v) is 5.28. The number of nitrogens with two attached hydrogens (primary N) is 1. The fraction of sp³-hybridized carbons (Fsp3) is 0.500. The van der Waals surface area contributed by atoms with Gasteiger partial charge in [0.2, 0.25) is 0 Å². The van der Waals surface area contributed by atoms with Crippen molar-refractivity contribution in [2.24, 2.45) is 11.1 Å². The first kappa shape index (κ1) is 12.9. The topological polar surface area (TPSA) is 72.1 Å². The van der Waals surface area contributed by atoms with E-state index in [2.05, 4.69) is 16.9 Å². The van der Waals surface area contributed by atoms with E-state index in [0.29, 0.717) is 23.6 Å². The average Bonchev–Trinajstić information content (AvgIpc) is 2.40. The summed E-state index contributed by atoms with van der Waals surface area (Å²) in [5.41, 5.74) is 6.14. The number of carbonyl (C=O) groups excluding carboxylic acids is 1. The second kappa shape index (κ2) is 4.97. The molecule has 2 heterocycles. The van der Waals surface area contributed by atoms with Crippen LogP contribution in [0.4, 0.5) is 0 Å². The minimum absolute atomic E-state index is 0.0272. The number of rotatable bonds is 2. The van der Waals surface area contributed by atoms with Crippen LogP contribution in [-0.2, 0) is 0 Å². The van der Waals surface area contributed by atoms with E-state index >= 15 is 0 Å². The van der Waals surface area contributed by atoms with Gasteiger partial charge < -0.3 is 10.6 Å². The number of amides is 1. The molecule has 1 fully saturated rings. The van der Waals surface area contributed by atoms with E-state index in [0.717, 1.165) is 12.8 Å². The second-order valence-electron chi connectivity index (χ2n) is 4.84. The normalized spacial score (nSPS) is 18.4. The van der Waals surface area contributed by atoms with Crippen LogP contribution in [0.2, 0.25) is 0 Å². The first-order chi connectivity index (χ1) is 8.53. The number of aromatic nitrogens is 2. The molecule has 1 aliphatic heterocycles. The molecule has 5 nitrogen and oxygen atoms in total. The number of hydrogen-bond acceptors (Lipinski definition) is 4. The molecule has 0 aliphatic carbocycles. The van der Waals surface area contributed by atoms with Gasteiger partial charge in [-0.2, -0.15) is 0 Å². The quantitative estimate of drug-likeness (QED) is 0.807. The van der Waals surface area contributed by atoms with Crippen molar-refractivity contribution in [3.05, 3.63) is 24.3 Å². The van der Waals surface area contributed by atoms with Crippen molar-refractivity contribution < 1.29 is 4.79 Å². The highest BCUT2D eigenvalue weighted by Gasteiger charge is 2.34. The van der Waals surface area contributed by atoms with Crippen LogP contribution in [0.1, 0.15) is 30.1 Å². The van der Waals surface area contributed by atoms with E-state index in [9.17, 15) is 4.79 Å². The maximum Gasteiger partial charge on any atom is 0.256 e. The third kappa shape index (κ3) is 2.48. The Hall–Kier alpha value is -1.56. The van der Waals surface area contributed by atoms with Crippen LogP contribution in [0.15, 0.2) is 18.7 Å². The smallest absolute Gasteiger partial charge is 0.256 e. The van der Waals surface area contributed by atoms with Crippen molar-refractivity contribution in [1.29, 1.82) is 0 Å². The molecule has 2 rings (SSSR count). The molecule has 0 saturated carbocycles. The van der Waals surface area contributed by atoms with Gasteiger partial charge in [0.1, 0.15) is 6.33 Å². The van der Waals surface area contributed by atoms with Crippen molar-refractivity contribution in [3.8, 4) is 0 Å². The summed E-state index contributed by atoms with van der Waals surface area (Å²) in [6.07, 6.45) is 6.11. The van der Waals surface area contributed by atoms with Crippen LogP contribution >= 0.6 is 12.2 Å². The molecule has 0 atom stereocenters. The molecular formula is C12H16N4OS. The molecule has 18 heavy (non-hydrogen) atoms. The highest BCUT2D eigenvalue weighted by Crippen LogP contribution is 2.31. The number of piperidine rings is 1. The monoisotopic (exact) mass is 264 g/mol. The van der Waals surface area contributed by atoms with Gasteiger partial charge in [0.25, 0.3) is 5.91 Å². The zero-order valence-corrected chi connectivity index (χ0v) is 11.1. The number of likely N-dealkylation sites (tertiary alicyclic amines) is 1. The molecule has 1 aliphatic rings. The lowest BCUT2D eigenvalue weighted by Gasteiger charge is -2.38. The van der Waals surface area contributed by atoms with Gasteiger partial charge in [0.15, 0.2) is 0 Å². The van der Waals surface area contributed by atoms with Gasteiger partial charge in [-0.1, -0.05) is 19.1 Å². The SMILES string of the molecule is CC1(C(N)=S)CCN(C(=O)c2cncnc2)CC1. The van der Waals surface area contributed by atoms with Crippen molar-refractivity contribution in [2.45, 2.75) is 19.8 Å². The predicted octanol–water partition coefficient (Wildman–Crippen LogP) is 1.00. The fourth-order valence-corrected chi connectivity index (χ4v) is 2.25. The summed E-state index contributed by atoms with van der Waals surface area (Å²) in [6.45, 7) is 3.39. The molecule has 1 aromatic heterocycles. The van der Waals surface area contributed by atoms with Gasteiger partial charge in [-0.3, -0.25) is 4.79 Å². The Kier molecular flexibility index (Phi) is 3.56. The van der Waals surface area contributed by atoms with Crippen LogP contribution in [0.25, 0.3) is 0 Å². The summed E-state index contributed by atoms with van der Waals surface area (Å²) in [6, 6.07) is 0. The predicted molar refractivity (Wildman–Crippen MR) is 72.1 cm³/mol. The Morgan fingerprint density at radius 2 is 1.94 bits per heavy atom. The fourth-order valence-electron chi connectivity index (χ4n) is 2.04. The Bertz CT molecular complexity index is 454. The Labute approximate surface area is 111 Å². The summed E-state index contributed by atoms with van der Waals surface area (Å²) >= 11 is 5.08. The zero-order chi connectivity index (χ0) is 13.2. The average molecular weight is 264 g/mol. The van der Waals surface area contributed by atoms with Gasteiger partial charge in [-0.15, -0.1) is 0 Å². The van der Waals surface area contributed by atoms with E-state index < -0.39 is 0 Å². The lowest BCUT2D eigenvalue weighted by molar-refractivity contribution is 0.0669. The molecule has 6 heteroatoms. The van der Waals surface area contributed by atoms with E-state index in [1.54, 1.807) is 4.90 Å². The number of carbonyl (C=O) groups is 1. The van der Waals surface area contributed by atoms with Gasteiger partial charge in [-0.05, 0) is 12.8 Å². The van der Waals surface area contributed by atoms with E-state index in [-0.39, 0.29) is 11.3 Å². The third-order valence-corrected chi connectivity index (χ3v) is 4.05. The molecule has 96 valence electrons. The zero-order valence-electron chi connectivity index (χ0n) is 10.3. The van der Waals surface area contributed by atoms with E-state index in [1.807, 2.05) is 0 Å². The summed E-state index contributed by atoms with van der Waals surface area (Å²) in [7, 11) is 0. The summed E-state index contributed by atoms with van der Waals surface area (Å²) in [5, 5.41) is 0. The van der Waals surface area contributed by atoms with Gasteiger partial charge in [0, 0.05) is 30.9 Å². The molecular weight excluding hydrogens is 248 g/mol. The highest BCUT2D eigenvalue weighted by atomic mass is 32.1. The Balaban J connectivity index is 2.03. The minimum atomic E-state index is -0.126. The molecule has 1 amide bonds. The molecule has 0 bridgehead atoms. The summed E-state index contributed by atoms with van der Waals surface area (Å²) in [5.74, 6) is -0.0272. The van der Waals surface area contributed by atoms with Crippen molar-refractivity contribution in [3.63, 3.8) is 0 Å². The summed E-state index contributed by atoms with van der Waals surface area (Å²) < 4.78 is 0. The highest BCUT2D eigenvalue weighted by molar-refractivity contribution is 7.80. The van der Waals surface area contributed by atoms with E-state index in [1.165, 1.54) is 18.7 Å². The Morgan fingerprint density at radius 3 is 2.44 bits per heavy atom. The van der Waals surface area contributed by atoms with Gasteiger partial charge in [0.05, 0.1) is 10.6 Å². The van der Waals surface area contributed by atoms with Gasteiger partial charge >= 0.3 is 0 Å². The van der Waals surface area contributed by atoms with E-state index in [4.69, 9.17) is 18.0 Å². The summed E-state index contributed by atoms with van der Waals surface area (Å²) in [4.78, 5) is 22.2. The van der Waals surface area contributed by atoms with Crippen LogP contribution in [0.5, 0.6) is 0 Å². The first-order valence-corrected chi connectivity index (χ1v) is 6.28.